The number of halogens is 2. The van der Waals surface area contributed by atoms with Crippen molar-refractivity contribution in [1.29, 1.82) is 0 Å². The van der Waals surface area contributed by atoms with Gasteiger partial charge in [-0.15, -0.1) is 11.6 Å². The van der Waals surface area contributed by atoms with Gasteiger partial charge in [0.15, 0.2) is 0 Å². The van der Waals surface area contributed by atoms with Crippen molar-refractivity contribution < 1.29 is 4.74 Å². The molecule has 0 amide bonds. The summed E-state index contributed by atoms with van der Waals surface area (Å²) in [7, 11) is 1.64. The van der Waals surface area contributed by atoms with Crippen LogP contribution in [0.5, 0.6) is 5.75 Å². The number of hydrogen-bond donors (Lipinski definition) is 0. The first kappa shape index (κ1) is 14.2. The van der Waals surface area contributed by atoms with Crippen molar-refractivity contribution in [3.05, 3.63) is 64.2 Å². The highest BCUT2D eigenvalue weighted by Gasteiger charge is 2.14. The van der Waals surface area contributed by atoms with Crippen LogP contribution in [0.3, 0.4) is 0 Å². The van der Waals surface area contributed by atoms with Crippen molar-refractivity contribution >= 4 is 23.2 Å². The first-order valence-corrected chi connectivity index (χ1v) is 6.94. The Balaban J connectivity index is 2.24. The Morgan fingerprint density at radius 3 is 2.63 bits per heavy atom. The molecule has 0 aliphatic rings. The van der Waals surface area contributed by atoms with Gasteiger partial charge < -0.3 is 4.74 Å². The van der Waals surface area contributed by atoms with Crippen LogP contribution < -0.4 is 4.74 Å². The Kier molecular flexibility index (Phi) is 4.73. The van der Waals surface area contributed by atoms with Crippen molar-refractivity contribution in [3.8, 4) is 5.75 Å². The average Bonchev–Trinajstić information content (AvgIpc) is 2.38. The van der Waals surface area contributed by atoms with Gasteiger partial charge in [-0.2, -0.15) is 0 Å². The van der Waals surface area contributed by atoms with E-state index in [2.05, 4.69) is 25.1 Å². The third-order valence-electron chi connectivity index (χ3n) is 3.03. The fourth-order valence-electron chi connectivity index (χ4n) is 2.11. The molecule has 0 spiro atoms. The lowest BCUT2D eigenvalue weighted by Crippen LogP contribution is -1.99. The summed E-state index contributed by atoms with van der Waals surface area (Å²) in [5.41, 5.74) is 3.37. The van der Waals surface area contributed by atoms with Crippen LogP contribution in [0, 0.1) is 6.92 Å². The van der Waals surface area contributed by atoms with Gasteiger partial charge in [0.05, 0.1) is 12.5 Å². The fraction of sp³-hybridized carbons (Fsp3) is 0.250. The standard InChI is InChI=1S/C16H16Cl2O/c1-11-4-3-5-12(8-11)9-15(18)14-10-13(17)6-7-16(14)19-2/h3-8,10,15H,9H2,1-2H3. The molecule has 1 unspecified atom stereocenters. The third kappa shape index (κ3) is 3.65. The predicted octanol–water partition coefficient (Wildman–Crippen LogP) is 5.18. The van der Waals surface area contributed by atoms with E-state index >= 15 is 0 Å². The van der Waals surface area contributed by atoms with Gasteiger partial charge in [-0.25, -0.2) is 0 Å². The van der Waals surface area contributed by atoms with Crippen molar-refractivity contribution in [2.45, 2.75) is 18.7 Å². The largest absolute Gasteiger partial charge is 0.496 e. The Morgan fingerprint density at radius 1 is 1.16 bits per heavy atom. The summed E-state index contributed by atoms with van der Waals surface area (Å²) in [5.74, 6) is 0.775. The summed E-state index contributed by atoms with van der Waals surface area (Å²) in [6.07, 6.45) is 0.750. The van der Waals surface area contributed by atoms with E-state index < -0.39 is 0 Å². The molecule has 100 valence electrons. The third-order valence-corrected chi connectivity index (χ3v) is 3.65. The van der Waals surface area contributed by atoms with E-state index in [4.69, 9.17) is 27.9 Å². The first-order chi connectivity index (χ1) is 9.10. The smallest absolute Gasteiger partial charge is 0.123 e. The molecule has 2 aromatic rings. The molecule has 2 aromatic carbocycles. The summed E-state index contributed by atoms with van der Waals surface area (Å²) in [4.78, 5) is 0. The topological polar surface area (TPSA) is 9.23 Å². The zero-order valence-corrected chi connectivity index (χ0v) is 12.5. The monoisotopic (exact) mass is 294 g/mol. The van der Waals surface area contributed by atoms with E-state index in [1.54, 1.807) is 13.2 Å². The molecule has 0 N–H and O–H groups in total. The number of alkyl halides is 1. The number of benzene rings is 2. The summed E-state index contributed by atoms with van der Waals surface area (Å²) >= 11 is 12.5. The maximum absolute atomic E-state index is 6.51. The van der Waals surface area contributed by atoms with Crippen LogP contribution in [0.4, 0.5) is 0 Å². The van der Waals surface area contributed by atoms with Crippen LogP contribution in [0.2, 0.25) is 5.02 Å². The first-order valence-electron chi connectivity index (χ1n) is 6.13. The molecule has 0 radical (unpaired) electrons. The number of aryl methyl sites for hydroxylation is 1. The molecule has 0 bridgehead atoms. The SMILES string of the molecule is COc1ccc(Cl)cc1C(Cl)Cc1cccc(C)c1. The predicted molar refractivity (Wildman–Crippen MR) is 81.5 cm³/mol. The average molecular weight is 295 g/mol. The van der Waals surface area contributed by atoms with Crippen molar-refractivity contribution in [2.24, 2.45) is 0 Å². The van der Waals surface area contributed by atoms with Gasteiger partial charge in [0.1, 0.15) is 5.75 Å². The lowest BCUT2D eigenvalue weighted by Gasteiger charge is -2.14. The van der Waals surface area contributed by atoms with E-state index in [0.717, 1.165) is 17.7 Å². The zero-order valence-electron chi connectivity index (χ0n) is 11.0. The van der Waals surface area contributed by atoms with Gasteiger partial charge in [-0.3, -0.25) is 0 Å². The normalized spacial score (nSPS) is 12.2. The van der Waals surface area contributed by atoms with Crippen LogP contribution in [0.25, 0.3) is 0 Å². The molecule has 0 aliphatic heterocycles. The second-order valence-corrected chi connectivity index (χ2v) is 5.51. The molecule has 0 heterocycles. The van der Waals surface area contributed by atoms with Gasteiger partial charge in [0.25, 0.3) is 0 Å². The van der Waals surface area contributed by atoms with Crippen molar-refractivity contribution in [1.82, 2.24) is 0 Å². The van der Waals surface area contributed by atoms with Gasteiger partial charge in [0.2, 0.25) is 0 Å². The fourth-order valence-corrected chi connectivity index (χ4v) is 2.64. The molecule has 1 nitrogen and oxygen atoms in total. The Bertz CT molecular complexity index is 566. The summed E-state index contributed by atoms with van der Waals surface area (Å²) in [6.45, 7) is 2.08. The van der Waals surface area contributed by atoms with Gasteiger partial charge in [-0.05, 0) is 37.1 Å². The van der Waals surface area contributed by atoms with E-state index in [1.165, 1.54) is 11.1 Å². The molecule has 0 saturated heterocycles. The van der Waals surface area contributed by atoms with Crippen LogP contribution >= 0.6 is 23.2 Å². The maximum Gasteiger partial charge on any atom is 0.123 e. The quantitative estimate of drug-likeness (QED) is 0.706. The van der Waals surface area contributed by atoms with Crippen LogP contribution in [-0.2, 0) is 6.42 Å². The van der Waals surface area contributed by atoms with E-state index in [-0.39, 0.29) is 5.38 Å². The summed E-state index contributed by atoms with van der Waals surface area (Å²) in [5, 5.41) is 0.515. The van der Waals surface area contributed by atoms with Gasteiger partial charge in [-0.1, -0.05) is 41.4 Å². The summed E-state index contributed by atoms with van der Waals surface area (Å²) in [6, 6.07) is 13.9. The maximum atomic E-state index is 6.51. The van der Waals surface area contributed by atoms with Crippen LogP contribution in [-0.4, -0.2) is 7.11 Å². The molecule has 0 fully saturated rings. The summed E-state index contributed by atoms with van der Waals surface area (Å²) < 4.78 is 5.34. The highest BCUT2D eigenvalue weighted by atomic mass is 35.5. The zero-order chi connectivity index (χ0) is 13.8. The number of ether oxygens (including phenoxy) is 1. The van der Waals surface area contributed by atoms with Crippen molar-refractivity contribution in [3.63, 3.8) is 0 Å². The highest BCUT2D eigenvalue weighted by Crippen LogP contribution is 2.34. The molecule has 0 aromatic heterocycles. The molecular weight excluding hydrogens is 279 g/mol. The Labute approximate surface area is 124 Å². The molecular formula is C16H16Cl2O. The van der Waals surface area contributed by atoms with Gasteiger partial charge >= 0.3 is 0 Å². The van der Waals surface area contributed by atoms with E-state index in [1.807, 2.05) is 18.2 Å². The lowest BCUT2D eigenvalue weighted by molar-refractivity contribution is 0.409. The number of hydrogen-bond acceptors (Lipinski definition) is 1. The molecule has 3 heteroatoms. The molecule has 2 rings (SSSR count). The van der Waals surface area contributed by atoms with E-state index in [9.17, 15) is 0 Å². The molecule has 0 aliphatic carbocycles. The van der Waals surface area contributed by atoms with Crippen LogP contribution in [0.1, 0.15) is 22.1 Å². The lowest BCUT2D eigenvalue weighted by atomic mass is 10.0. The minimum atomic E-state index is -0.157. The molecule has 0 saturated carbocycles. The Morgan fingerprint density at radius 2 is 1.95 bits per heavy atom. The van der Waals surface area contributed by atoms with Crippen molar-refractivity contribution in [2.75, 3.05) is 7.11 Å². The minimum absolute atomic E-state index is 0.157. The van der Waals surface area contributed by atoms with E-state index in [0.29, 0.717) is 5.02 Å². The minimum Gasteiger partial charge on any atom is -0.496 e. The highest BCUT2D eigenvalue weighted by molar-refractivity contribution is 6.31. The Hall–Kier alpha value is -1.18. The van der Waals surface area contributed by atoms with Gasteiger partial charge in [0, 0.05) is 10.6 Å². The second kappa shape index (κ2) is 6.31. The molecule has 19 heavy (non-hydrogen) atoms. The van der Waals surface area contributed by atoms with Crippen LogP contribution in [0.15, 0.2) is 42.5 Å². The second-order valence-electron chi connectivity index (χ2n) is 4.55. The number of rotatable bonds is 4. The number of methoxy groups -OCH3 is 1. The molecule has 1 atom stereocenters.